The highest BCUT2D eigenvalue weighted by Gasteiger charge is 2.20. The molecule has 2 aromatic carbocycles. The molecule has 1 aromatic heterocycles. The molecule has 0 atom stereocenters. The van der Waals surface area contributed by atoms with Crippen LogP contribution in [0.5, 0.6) is 0 Å². The number of anilines is 2. The Morgan fingerprint density at radius 3 is 2.36 bits per heavy atom. The number of nitriles is 1. The first kappa shape index (κ1) is 22.1. The van der Waals surface area contributed by atoms with Gasteiger partial charge in [-0.25, -0.2) is 4.68 Å². The molecule has 0 unspecified atom stereocenters. The van der Waals surface area contributed by atoms with Crippen LogP contribution < -0.4 is 15.8 Å². The molecule has 0 bridgehead atoms. The fourth-order valence-corrected chi connectivity index (χ4v) is 3.81. The van der Waals surface area contributed by atoms with E-state index in [0.717, 1.165) is 24.3 Å². The molecule has 0 spiro atoms. The van der Waals surface area contributed by atoms with Crippen molar-refractivity contribution < 1.29 is 9.53 Å². The number of morpholine rings is 1. The number of amides is 1. The van der Waals surface area contributed by atoms with E-state index in [9.17, 15) is 14.9 Å². The second-order valence-electron chi connectivity index (χ2n) is 7.75. The molecule has 3 aromatic rings. The first-order valence-corrected chi connectivity index (χ1v) is 10.7. The van der Waals surface area contributed by atoms with Crippen LogP contribution in [-0.2, 0) is 16.6 Å². The van der Waals surface area contributed by atoms with Crippen LogP contribution >= 0.6 is 0 Å². The average molecular weight is 444 g/mol. The van der Waals surface area contributed by atoms with E-state index in [0.29, 0.717) is 24.6 Å². The summed E-state index contributed by atoms with van der Waals surface area (Å²) in [4.78, 5) is 28.1. The minimum atomic E-state index is -0.624. The van der Waals surface area contributed by atoms with Crippen molar-refractivity contribution in [3.8, 4) is 11.8 Å². The quantitative estimate of drug-likeness (QED) is 0.484. The van der Waals surface area contributed by atoms with Gasteiger partial charge < -0.3 is 15.0 Å². The van der Waals surface area contributed by atoms with Crippen molar-refractivity contribution in [2.75, 3.05) is 36.5 Å². The molecule has 1 aliphatic rings. The normalized spacial score (nSPS) is 14.1. The van der Waals surface area contributed by atoms with Gasteiger partial charge in [0.15, 0.2) is 0 Å². The highest BCUT2D eigenvalue weighted by molar-refractivity contribution is 6.09. The largest absolute Gasteiger partial charge is 0.378 e. The van der Waals surface area contributed by atoms with Gasteiger partial charge in [0.05, 0.1) is 24.6 Å². The van der Waals surface area contributed by atoms with Crippen LogP contribution in [0, 0.1) is 18.3 Å². The fraction of sp³-hybridized carbons (Fsp3) is 0.240. The van der Waals surface area contributed by atoms with Gasteiger partial charge in [-0.15, -0.1) is 0 Å². The number of carbonyl (C=O) groups excluding carboxylic acids is 1. The molecule has 1 saturated heterocycles. The van der Waals surface area contributed by atoms with Crippen molar-refractivity contribution in [2.45, 2.75) is 6.92 Å². The summed E-state index contributed by atoms with van der Waals surface area (Å²) < 4.78 is 8.53. The van der Waals surface area contributed by atoms with Crippen LogP contribution in [0.4, 0.5) is 11.4 Å². The van der Waals surface area contributed by atoms with Crippen molar-refractivity contribution in [1.82, 2.24) is 9.36 Å². The van der Waals surface area contributed by atoms with Gasteiger partial charge in [-0.1, -0.05) is 30.3 Å². The summed E-state index contributed by atoms with van der Waals surface area (Å²) in [5.74, 6) is -0.624. The van der Waals surface area contributed by atoms with Gasteiger partial charge in [-0.3, -0.25) is 14.3 Å². The average Bonchev–Trinajstić information content (AvgIpc) is 3.06. The van der Waals surface area contributed by atoms with Gasteiger partial charge >= 0.3 is 0 Å². The maximum Gasteiger partial charge on any atom is 0.295 e. The molecule has 1 fully saturated rings. The van der Waals surface area contributed by atoms with E-state index in [2.05, 4.69) is 10.2 Å². The number of benzene rings is 2. The van der Waals surface area contributed by atoms with Crippen molar-refractivity contribution >= 4 is 23.4 Å². The van der Waals surface area contributed by atoms with E-state index in [1.807, 2.05) is 60.7 Å². The van der Waals surface area contributed by atoms with E-state index >= 15 is 0 Å². The summed E-state index contributed by atoms with van der Waals surface area (Å²) >= 11 is 0. The van der Waals surface area contributed by atoms with Gasteiger partial charge in [-0.2, -0.15) is 5.26 Å². The highest BCUT2D eigenvalue weighted by Crippen LogP contribution is 2.19. The zero-order chi connectivity index (χ0) is 23.4. The van der Waals surface area contributed by atoms with Gasteiger partial charge in [0, 0.05) is 25.8 Å². The summed E-state index contributed by atoms with van der Waals surface area (Å²) in [6.07, 6.45) is 1.52. The number of para-hydroxylation sites is 1. The number of nitrogens with one attached hydrogen (secondary N) is 1. The molecule has 0 radical (unpaired) electrons. The number of nitrogens with zero attached hydrogens (tertiary/aromatic N) is 4. The Labute approximate surface area is 191 Å². The first-order valence-electron chi connectivity index (χ1n) is 10.7. The van der Waals surface area contributed by atoms with E-state index in [-0.39, 0.29) is 16.8 Å². The fourth-order valence-electron chi connectivity index (χ4n) is 3.81. The predicted octanol–water partition coefficient (Wildman–Crippen LogP) is 2.87. The van der Waals surface area contributed by atoms with E-state index < -0.39 is 5.91 Å². The smallest absolute Gasteiger partial charge is 0.295 e. The maximum atomic E-state index is 13.0. The van der Waals surface area contributed by atoms with Crippen molar-refractivity contribution in [3.05, 3.63) is 81.8 Å². The summed E-state index contributed by atoms with van der Waals surface area (Å²) in [6.45, 7) is 4.81. The third-order valence-electron chi connectivity index (χ3n) is 5.74. The van der Waals surface area contributed by atoms with Crippen LogP contribution in [0.25, 0.3) is 11.8 Å². The number of carbonyl (C=O) groups is 1. The zero-order valence-electron chi connectivity index (χ0n) is 18.6. The lowest BCUT2D eigenvalue weighted by Crippen LogP contribution is -2.36. The van der Waals surface area contributed by atoms with Crippen LogP contribution in [0.3, 0.4) is 0 Å². The van der Waals surface area contributed by atoms with Gasteiger partial charge in [-0.05, 0) is 42.8 Å². The third-order valence-corrected chi connectivity index (χ3v) is 5.74. The second kappa shape index (κ2) is 9.59. The van der Waals surface area contributed by atoms with Crippen molar-refractivity contribution in [2.24, 2.45) is 7.05 Å². The Morgan fingerprint density at radius 2 is 1.73 bits per heavy atom. The molecular weight excluding hydrogens is 418 g/mol. The lowest BCUT2D eigenvalue weighted by atomic mass is 10.1. The van der Waals surface area contributed by atoms with Crippen LogP contribution in [0.2, 0.25) is 0 Å². The SMILES string of the molecule is Cc1c(NC(=O)/C(C#N)=C/c2ccc(N3CCOCC3)cc2)c(=O)n(-c2ccccc2)n1C. The van der Waals surface area contributed by atoms with E-state index in [4.69, 9.17) is 4.74 Å². The lowest BCUT2D eigenvalue weighted by Gasteiger charge is -2.28. The van der Waals surface area contributed by atoms with Crippen LogP contribution in [-0.4, -0.2) is 41.6 Å². The summed E-state index contributed by atoms with van der Waals surface area (Å²) in [5, 5.41) is 12.2. The summed E-state index contributed by atoms with van der Waals surface area (Å²) in [6, 6.07) is 18.8. The van der Waals surface area contributed by atoms with Crippen molar-refractivity contribution in [3.63, 3.8) is 0 Å². The first-order chi connectivity index (χ1) is 16.0. The molecule has 2 heterocycles. The standard InChI is InChI=1S/C25H25N5O3/c1-18-23(25(32)30(28(18)2)22-6-4-3-5-7-22)27-24(31)20(17-26)16-19-8-10-21(11-9-19)29-12-14-33-15-13-29/h3-11,16H,12-15H2,1-2H3,(H,27,31)/b20-16+. The zero-order valence-corrected chi connectivity index (χ0v) is 18.6. The van der Waals surface area contributed by atoms with Gasteiger partial charge in [0.25, 0.3) is 11.5 Å². The molecule has 8 heteroatoms. The minimum Gasteiger partial charge on any atom is -0.378 e. The topological polar surface area (TPSA) is 92.3 Å². The maximum absolute atomic E-state index is 13.0. The predicted molar refractivity (Wildman–Crippen MR) is 127 cm³/mol. The number of hydrogen-bond acceptors (Lipinski definition) is 5. The monoisotopic (exact) mass is 443 g/mol. The number of rotatable bonds is 5. The Morgan fingerprint density at radius 1 is 1.06 bits per heavy atom. The Hall–Kier alpha value is -4.09. The number of ether oxygens (including phenoxy) is 1. The number of aromatic nitrogens is 2. The molecule has 1 aliphatic heterocycles. The van der Waals surface area contributed by atoms with E-state index in [1.165, 1.54) is 10.8 Å². The Bertz CT molecular complexity index is 1270. The lowest BCUT2D eigenvalue weighted by molar-refractivity contribution is -0.112. The second-order valence-corrected chi connectivity index (χ2v) is 7.75. The molecular formula is C25H25N5O3. The highest BCUT2D eigenvalue weighted by atomic mass is 16.5. The van der Waals surface area contributed by atoms with Gasteiger partial charge in [0.1, 0.15) is 17.3 Å². The molecule has 1 amide bonds. The molecule has 168 valence electrons. The molecule has 33 heavy (non-hydrogen) atoms. The minimum absolute atomic E-state index is 0.0805. The Kier molecular flexibility index (Phi) is 6.43. The molecule has 8 nitrogen and oxygen atoms in total. The molecule has 0 aliphatic carbocycles. The molecule has 1 N–H and O–H groups in total. The number of hydrogen-bond donors (Lipinski definition) is 1. The third kappa shape index (κ3) is 4.59. The van der Waals surface area contributed by atoms with Crippen LogP contribution in [0.15, 0.2) is 65.0 Å². The Balaban J connectivity index is 1.56. The summed E-state index contributed by atoms with van der Waals surface area (Å²) in [5.41, 5.74) is 2.78. The van der Waals surface area contributed by atoms with Crippen molar-refractivity contribution in [1.29, 1.82) is 5.26 Å². The molecule has 0 saturated carbocycles. The summed E-state index contributed by atoms with van der Waals surface area (Å²) in [7, 11) is 1.75. The van der Waals surface area contributed by atoms with E-state index in [1.54, 1.807) is 18.7 Å². The molecule has 4 rings (SSSR count). The van der Waals surface area contributed by atoms with Crippen LogP contribution in [0.1, 0.15) is 11.3 Å². The van der Waals surface area contributed by atoms with Gasteiger partial charge in [0.2, 0.25) is 0 Å².